The van der Waals surface area contributed by atoms with Crippen LogP contribution in [0.2, 0.25) is 0 Å². The molecule has 1 aliphatic rings. The molecule has 1 aliphatic carbocycles. The van der Waals surface area contributed by atoms with Crippen LogP contribution >= 0.6 is 0 Å². The number of methoxy groups -OCH3 is 1. The number of anilines is 1. The van der Waals surface area contributed by atoms with Crippen LogP contribution in [-0.2, 0) is 11.3 Å². The van der Waals surface area contributed by atoms with Crippen LogP contribution < -0.4 is 15.0 Å². The number of aromatic amines is 1. The Morgan fingerprint density at radius 1 is 1.17 bits per heavy atom. The second kappa shape index (κ2) is 8.36. The first-order valence-corrected chi connectivity index (χ1v) is 9.77. The summed E-state index contributed by atoms with van der Waals surface area (Å²) in [4.78, 5) is 31.2. The lowest BCUT2D eigenvalue weighted by Crippen LogP contribution is -2.31. The third-order valence-electron chi connectivity index (χ3n) is 5.06. The van der Waals surface area contributed by atoms with Crippen molar-refractivity contribution in [2.45, 2.75) is 19.4 Å². The molecule has 0 atom stereocenters. The van der Waals surface area contributed by atoms with Crippen LogP contribution in [0.5, 0.6) is 5.75 Å². The van der Waals surface area contributed by atoms with Crippen LogP contribution in [0.3, 0.4) is 0 Å². The number of benzene rings is 2. The van der Waals surface area contributed by atoms with Gasteiger partial charge in [-0.2, -0.15) is 5.10 Å². The van der Waals surface area contributed by atoms with E-state index in [1.807, 2.05) is 30.3 Å². The molecule has 8 nitrogen and oxygen atoms in total. The van der Waals surface area contributed by atoms with Crippen LogP contribution in [0.4, 0.5) is 5.69 Å². The molecular formula is C22H23N5O3. The average Bonchev–Trinajstić information content (AvgIpc) is 3.54. The van der Waals surface area contributed by atoms with E-state index in [1.54, 1.807) is 37.3 Å². The summed E-state index contributed by atoms with van der Waals surface area (Å²) in [6, 6.07) is 14.5. The number of carbonyl (C=O) groups is 2. The molecule has 2 amide bonds. The lowest BCUT2D eigenvalue weighted by Gasteiger charge is -2.20. The molecule has 0 unspecified atom stereocenters. The minimum absolute atomic E-state index is 0.0506. The normalized spacial score (nSPS) is 13.0. The summed E-state index contributed by atoms with van der Waals surface area (Å²) < 4.78 is 5.15. The van der Waals surface area contributed by atoms with Crippen molar-refractivity contribution in [1.29, 1.82) is 0 Å². The van der Waals surface area contributed by atoms with E-state index in [9.17, 15) is 9.59 Å². The average molecular weight is 405 g/mol. The molecule has 4 rings (SSSR count). The number of rotatable bonds is 7. The summed E-state index contributed by atoms with van der Waals surface area (Å²) >= 11 is 0. The Balaban J connectivity index is 1.43. The quantitative estimate of drug-likeness (QED) is 0.630. The van der Waals surface area contributed by atoms with Crippen LogP contribution in [-0.4, -0.2) is 41.2 Å². The maximum absolute atomic E-state index is 12.8. The molecule has 3 aromatic rings. The van der Waals surface area contributed by atoms with Crippen molar-refractivity contribution in [3.05, 3.63) is 59.9 Å². The smallest absolute Gasteiger partial charge is 0.253 e. The Labute approximate surface area is 174 Å². The minimum atomic E-state index is -0.275. The summed E-state index contributed by atoms with van der Waals surface area (Å²) in [5.74, 6) is 1.69. The molecule has 0 aliphatic heterocycles. The second-order valence-corrected chi connectivity index (χ2v) is 7.21. The van der Waals surface area contributed by atoms with Crippen LogP contribution in [0.25, 0.3) is 11.4 Å². The van der Waals surface area contributed by atoms with Gasteiger partial charge in [0.1, 0.15) is 11.6 Å². The Kier molecular flexibility index (Phi) is 5.47. The fraction of sp³-hybridized carbons (Fsp3) is 0.273. The van der Waals surface area contributed by atoms with E-state index in [1.165, 1.54) is 0 Å². The highest BCUT2D eigenvalue weighted by molar-refractivity contribution is 6.05. The summed E-state index contributed by atoms with van der Waals surface area (Å²) in [6.45, 7) is 0.191. The summed E-state index contributed by atoms with van der Waals surface area (Å²) in [6.07, 6.45) is 1.83. The molecule has 1 heterocycles. The van der Waals surface area contributed by atoms with Gasteiger partial charge in [-0.15, -0.1) is 0 Å². The van der Waals surface area contributed by atoms with Crippen LogP contribution in [0.15, 0.2) is 48.5 Å². The number of ether oxygens (including phenoxy) is 1. The van der Waals surface area contributed by atoms with Crippen molar-refractivity contribution in [3.8, 4) is 17.1 Å². The molecule has 1 saturated carbocycles. The van der Waals surface area contributed by atoms with Gasteiger partial charge in [-0.05, 0) is 49.2 Å². The van der Waals surface area contributed by atoms with E-state index in [0.29, 0.717) is 22.9 Å². The molecule has 0 spiro atoms. The monoisotopic (exact) mass is 405 g/mol. The number of amides is 2. The van der Waals surface area contributed by atoms with Gasteiger partial charge in [0.05, 0.1) is 24.9 Å². The van der Waals surface area contributed by atoms with E-state index >= 15 is 0 Å². The molecule has 30 heavy (non-hydrogen) atoms. The van der Waals surface area contributed by atoms with Gasteiger partial charge in [0.15, 0.2) is 5.82 Å². The maximum Gasteiger partial charge on any atom is 0.253 e. The molecule has 0 bridgehead atoms. The zero-order valence-corrected chi connectivity index (χ0v) is 16.9. The SMILES string of the molecule is COc1ccc(-c2n[nH]c(CNC(=O)c3ccccc3N(C)C(=O)C3CC3)n2)cc1. The number of hydrogen-bond donors (Lipinski definition) is 2. The number of para-hydroxylation sites is 1. The van der Waals surface area contributed by atoms with Crippen molar-refractivity contribution in [3.63, 3.8) is 0 Å². The van der Waals surface area contributed by atoms with E-state index in [2.05, 4.69) is 20.5 Å². The summed E-state index contributed by atoms with van der Waals surface area (Å²) in [5, 5.41) is 9.90. The fourth-order valence-electron chi connectivity index (χ4n) is 3.18. The summed E-state index contributed by atoms with van der Waals surface area (Å²) in [7, 11) is 3.32. The van der Waals surface area contributed by atoms with Crippen molar-refractivity contribution in [1.82, 2.24) is 20.5 Å². The predicted molar refractivity (Wildman–Crippen MR) is 112 cm³/mol. The standard InChI is InChI=1S/C22H23N5O3/c1-27(22(29)15-7-8-15)18-6-4-3-5-17(18)21(28)23-13-19-24-20(26-25-19)14-9-11-16(30-2)12-10-14/h3-6,9-12,15H,7-8,13H2,1-2H3,(H,23,28)(H,24,25,26). The second-order valence-electron chi connectivity index (χ2n) is 7.21. The van der Waals surface area contributed by atoms with Gasteiger partial charge in [-0.1, -0.05) is 12.1 Å². The first-order chi connectivity index (χ1) is 14.6. The molecule has 0 radical (unpaired) electrons. The Hall–Kier alpha value is -3.68. The highest BCUT2D eigenvalue weighted by Crippen LogP contribution is 2.33. The molecule has 2 aromatic carbocycles. The van der Waals surface area contributed by atoms with E-state index < -0.39 is 0 Å². The third kappa shape index (κ3) is 4.17. The molecule has 1 aromatic heterocycles. The Morgan fingerprint density at radius 3 is 2.60 bits per heavy atom. The van der Waals surface area contributed by atoms with E-state index in [-0.39, 0.29) is 24.3 Å². The molecule has 1 fully saturated rings. The zero-order chi connectivity index (χ0) is 21.1. The highest BCUT2D eigenvalue weighted by atomic mass is 16.5. The number of nitrogens with one attached hydrogen (secondary N) is 2. The molecule has 2 N–H and O–H groups in total. The number of carbonyl (C=O) groups excluding carboxylic acids is 2. The van der Waals surface area contributed by atoms with Crippen molar-refractivity contribution in [2.75, 3.05) is 19.1 Å². The number of H-pyrrole nitrogens is 1. The van der Waals surface area contributed by atoms with Crippen LogP contribution in [0.1, 0.15) is 29.0 Å². The summed E-state index contributed by atoms with van der Waals surface area (Å²) in [5.41, 5.74) is 1.89. The van der Waals surface area contributed by atoms with Crippen molar-refractivity contribution >= 4 is 17.5 Å². The predicted octanol–water partition coefficient (Wildman–Crippen LogP) is 2.78. The Morgan fingerprint density at radius 2 is 1.90 bits per heavy atom. The maximum atomic E-state index is 12.8. The Bertz CT molecular complexity index is 1060. The van der Waals surface area contributed by atoms with E-state index in [0.717, 1.165) is 24.2 Å². The van der Waals surface area contributed by atoms with Gasteiger partial charge >= 0.3 is 0 Å². The number of aromatic nitrogens is 3. The third-order valence-corrected chi connectivity index (χ3v) is 5.06. The minimum Gasteiger partial charge on any atom is -0.497 e. The van der Waals surface area contributed by atoms with Crippen molar-refractivity contribution < 1.29 is 14.3 Å². The number of hydrogen-bond acceptors (Lipinski definition) is 5. The van der Waals surface area contributed by atoms with Gasteiger partial charge in [-0.25, -0.2) is 4.98 Å². The van der Waals surface area contributed by atoms with Crippen molar-refractivity contribution in [2.24, 2.45) is 5.92 Å². The lowest BCUT2D eigenvalue weighted by atomic mass is 10.1. The topological polar surface area (TPSA) is 100 Å². The molecule has 154 valence electrons. The largest absolute Gasteiger partial charge is 0.497 e. The first kappa shape index (κ1) is 19.6. The highest BCUT2D eigenvalue weighted by Gasteiger charge is 2.33. The van der Waals surface area contributed by atoms with Gasteiger partial charge < -0.3 is 15.0 Å². The fourth-order valence-corrected chi connectivity index (χ4v) is 3.18. The van der Waals surface area contributed by atoms with Gasteiger partial charge in [-0.3, -0.25) is 14.7 Å². The molecule has 8 heteroatoms. The zero-order valence-electron chi connectivity index (χ0n) is 16.9. The van der Waals surface area contributed by atoms with Gasteiger partial charge in [0.25, 0.3) is 5.91 Å². The first-order valence-electron chi connectivity index (χ1n) is 9.77. The molecule has 0 saturated heterocycles. The van der Waals surface area contributed by atoms with Crippen LogP contribution in [0, 0.1) is 5.92 Å². The van der Waals surface area contributed by atoms with E-state index in [4.69, 9.17) is 4.74 Å². The molecular weight excluding hydrogens is 382 g/mol. The van der Waals surface area contributed by atoms with Gasteiger partial charge in [0, 0.05) is 18.5 Å². The van der Waals surface area contributed by atoms with Gasteiger partial charge in [0.2, 0.25) is 5.91 Å². The lowest BCUT2D eigenvalue weighted by molar-refractivity contribution is -0.119. The number of nitrogens with zero attached hydrogens (tertiary/aromatic N) is 3.